The first-order valence-electron chi connectivity index (χ1n) is 4.27. The Morgan fingerprint density at radius 2 is 1.67 bits per heavy atom. The Morgan fingerprint density at radius 3 is 2.07 bits per heavy atom. The van der Waals surface area contributed by atoms with Gasteiger partial charge in [0.15, 0.2) is 5.75 Å². The van der Waals surface area contributed by atoms with E-state index < -0.39 is 22.0 Å². The zero-order chi connectivity index (χ0) is 11.7. The molecule has 0 atom stereocenters. The van der Waals surface area contributed by atoms with Crippen molar-refractivity contribution < 1.29 is 26.4 Å². The first kappa shape index (κ1) is 12.4. The monoisotopic (exact) mass is 245 g/mol. The molecule has 0 aromatic heterocycles. The Kier molecular flexibility index (Phi) is 3.39. The van der Waals surface area contributed by atoms with Crippen molar-refractivity contribution in [3.63, 3.8) is 0 Å². The number of piperidine rings is 1. The Hall–Kier alpha value is -0.630. The standard InChI is InChI=1S/C7H10F3NO3S/c8-7(9,10)5-15(13,14)11-3-1-6(12)2-4-11/h1-5H2. The zero-order valence-corrected chi connectivity index (χ0v) is 8.57. The third-order valence-electron chi connectivity index (χ3n) is 2.02. The third kappa shape index (κ3) is 3.78. The topological polar surface area (TPSA) is 54.5 Å². The summed E-state index contributed by atoms with van der Waals surface area (Å²) in [6.45, 7) is -0.283. The van der Waals surface area contributed by atoms with Gasteiger partial charge in [0.1, 0.15) is 5.78 Å². The molecule has 8 heteroatoms. The molecule has 0 aromatic carbocycles. The van der Waals surface area contributed by atoms with Crippen molar-refractivity contribution in [2.45, 2.75) is 19.0 Å². The highest BCUT2D eigenvalue weighted by molar-refractivity contribution is 7.89. The van der Waals surface area contributed by atoms with Crippen molar-refractivity contribution in [3.05, 3.63) is 0 Å². The van der Waals surface area contributed by atoms with Crippen LogP contribution in [-0.4, -0.2) is 43.5 Å². The minimum atomic E-state index is -4.74. The van der Waals surface area contributed by atoms with E-state index in [4.69, 9.17) is 0 Å². The molecule has 1 rings (SSSR count). The van der Waals surface area contributed by atoms with Gasteiger partial charge in [-0.25, -0.2) is 12.7 Å². The summed E-state index contributed by atoms with van der Waals surface area (Å²) in [6.07, 6.45) is -4.74. The fourth-order valence-electron chi connectivity index (χ4n) is 1.31. The van der Waals surface area contributed by atoms with Crippen LogP contribution in [0.2, 0.25) is 0 Å². The van der Waals surface area contributed by atoms with Crippen LogP contribution in [-0.2, 0) is 14.8 Å². The fourth-order valence-corrected chi connectivity index (χ4v) is 2.65. The van der Waals surface area contributed by atoms with Gasteiger partial charge < -0.3 is 0 Å². The molecule has 0 aromatic rings. The van der Waals surface area contributed by atoms with E-state index in [-0.39, 0.29) is 31.7 Å². The van der Waals surface area contributed by atoms with Crippen molar-refractivity contribution in [2.24, 2.45) is 0 Å². The number of carbonyl (C=O) groups is 1. The lowest BCUT2D eigenvalue weighted by Gasteiger charge is -2.25. The maximum atomic E-state index is 11.9. The molecule has 0 saturated carbocycles. The van der Waals surface area contributed by atoms with Gasteiger partial charge in [-0.3, -0.25) is 4.79 Å². The zero-order valence-electron chi connectivity index (χ0n) is 7.75. The Labute approximate surface area is 85.1 Å². The Bertz CT molecular complexity index is 339. The van der Waals surface area contributed by atoms with E-state index in [1.807, 2.05) is 0 Å². The maximum Gasteiger partial charge on any atom is 0.404 e. The smallest absolute Gasteiger partial charge is 0.300 e. The minimum Gasteiger partial charge on any atom is -0.300 e. The lowest BCUT2D eigenvalue weighted by Crippen LogP contribution is -2.42. The van der Waals surface area contributed by atoms with Gasteiger partial charge in [0.05, 0.1) is 0 Å². The van der Waals surface area contributed by atoms with Gasteiger partial charge in [-0.05, 0) is 0 Å². The second-order valence-corrected chi connectivity index (χ2v) is 5.28. The van der Waals surface area contributed by atoms with Crippen LogP contribution in [0.5, 0.6) is 0 Å². The van der Waals surface area contributed by atoms with Gasteiger partial charge in [-0.1, -0.05) is 0 Å². The highest BCUT2D eigenvalue weighted by atomic mass is 32.2. The summed E-state index contributed by atoms with van der Waals surface area (Å²) >= 11 is 0. The number of hydrogen-bond donors (Lipinski definition) is 0. The molecule has 1 aliphatic rings. The first-order chi connectivity index (χ1) is 6.71. The van der Waals surface area contributed by atoms with Gasteiger partial charge in [-0.15, -0.1) is 0 Å². The summed E-state index contributed by atoms with van der Waals surface area (Å²) in [5, 5.41) is 0. The second kappa shape index (κ2) is 4.09. The predicted molar refractivity (Wildman–Crippen MR) is 45.7 cm³/mol. The van der Waals surface area contributed by atoms with E-state index in [1.54, 1.807) is 0 Å². The molecule has 0 N–H and O–H groups in total. The lowest BCUT2D eigenvalue weighted by molar-refractivity contribution is -0.120. The molecule has 0 amide bonds. The number of carbonyl (C=O) groups excluding carboxylic acids is 1. The van der Waals surface area contributed by atoms with Gasteiger partial charge >= 0.3 is 6.18 Å². The summed E-state index contributed by atoms with van der Waals surface area (Å²) in [5.41, 5.74) is 0. The van der Waals surface area contributed by atoms with E-state index in [9.17, 15) is 26.4 Å². The predicted octanol–water partition coefficient (Wildman–Crippen LogP) is 0.543. The minimum absolute atomic E-state index is 0.00289. The number of halogens is 3. The van der Waals surface area contributed by atoms with Crippen molar-refractivity contribution >= 4 is 15.8 Å². The van der Waals surface area contributed by atoms with E-state index in [0.29, 0.717) is 0 Å². The molecule has 0 radical (unpaired) electrons. The molecule has 0 unspecified atom stereocenters. The van der Waals surface area contributed by atoms with Gasteiger partial charge in [-0.2, -0.15) is 13.2 Å². The molecule has 15 heavy (non-hydrogen) atoms. The van der Waals surface area contributed by atoms with Crippen LogP contribution in [0.25, 0.3) is 0 Å². The van der Waals surface area contributed by atoms with Gasteiger partial charge in [0.2, 0.25) is 10.0 Å². The van der Waals surface area contributed by atoms with Crippen LogP contribution in [0, 0.1) is 0 Å². The molecule has 88 valence electrons. The molecule has 1 heterocycles. The highest BCUT2D eigenvalue weighted by Gasteiger charge is 2.39. The SMILES string of the molecule is O=C1CCN(S(=O)(=O)CC(F)(F)F)CC1. The normalized spacial score (nSPS) is 20.6. The first-order valence-corrected chi connectivity index (χ1v) is 5.88. The van der Waals surface area contributed by atoms with Crippen molar-refractivity contribution in [3.8, 4) is 0 Å². The average Bonchev–Trinajstić information content (AvgIpc) is 2.00. The fraction of sp³-hybridized carbons (Fsp3) is 0.857. The number of hydrogen-bond acceptors (Lipinski definition) is 3. The number of Topliss-reactive ketones (excluding diaryl/α,β-unsaturated/α-hetero) is 1. The number of alkyl halides is 3. The summed E-state index contributed by atoms with van der Waals surface area (Å²) in [5.74, 6) is -1.97. The summed E-state index contributed by atoms with van der Waals surface area (Å²) in [4.78, 5) is 10.8. The third-order valence-corrected chi connectivity index (χ3v) is 3.86. The largest absolute Gasteiger partial charge is 0.404 e. The van der Waals surface area contributed by atoms with Crippen molar-refractivity contribution in [1.82, 2.24) is 4.31 Å². The van der Waals surface area contributed by atoms with Crippen LogP contribution >= 0.6 is 0 Å². The van der Waals surface area contributed by atoms with Crippen molar-refractivity contribution in [2.75, 3.05) is 18.8 Å². The molecule has 4 nitrogen and oxygen atoms in total. The molecule has 1 aliphatic heterocycles. The molecule has 0 bridgehead atoms. The van der Waals surface area contributed by atoms with E-state index >= 15 is 0 Å². The molecular formula is C7H10F3NO3S. The second-order valence-electron chi connectivity index (χ2n) is 3.31. The van der Waals surface area contributed by atoms with E-state index in [1.165, 1.54) is 0 Å². The Morgan fingerprint density at radius 1 is 1.20 bits per heavy atom. The summed E-state index contributed by atoms with van der Waals surface area (Å²) < 4.78 is 58.9. The van der Waals surface area contributed by atoms with Crippen LogP contribution in [0.3, 0.4) is 0 Å². The number of sulfonamides is 1. The van der Waals surface area contributed by atoms with E-state index in [2.05, 4.69) is 0 Å². The van der Waals surface area contributed by atoms with Gasteiger partial charge in [0.25, 0.3) is 0 Å². The van der Waals surface area contributed by atoms with Crippen molar-refractivity contribution in [1.29, 1.82) is 0 Å². The molecule has 1 fully saturated rings. The summed E-state index contributed by atoms with van der Waals surface area (Å²) in [7, 11) is -4.31. The number of rotatable bonds is 2. The van der Waals surface area contributed by atoms with E-state index in [0.717, 1.165) is 4.31 Å². The number of ketones is 1. The molecule has 0 aliphatic carbocycles. The van der Waals surface area contributed by atoms with Crippen LogP contribution in [0.1, 0.15) is 12.8 Å². The molecule has 1 saturated heterocycles. The average molecular weight is 245 g/mol. The van der Waals surface area contributed by atoms with Crippen LogP contribution < -0.4 is 0 Å². The maximum absolute atomic E-state index is 11.9. The highest BCUT2D eigenvalue weighted by Crippen LogP contribution is 2.21. The van der Waals surface area contributed by atoms with Gasteiger partial charge in [0, 0.05) is 25.9 Å². The Balaban J connectivity index is 2.67. The quantitative estimate of drug-likeness (QED) is 0.713. The van der Waals surface area contributed by atoms with Crippen LogP contribution in [0.4, 0.5) is 13.2 Å². The molecular weight excluding hydrogens is 235 g/mol. The lowest BCUT2D eigenvalue weighted by atomic mass is 10.1. The number of nitrogens with zero attached hydrogens (tertiary/aromatic N) is 1. The molecule has 0 spiro atoms. The van der Waals surface area contributed by atoms with Crippen LogP contribution in [0.15, 0.2) is 0 Å². The summed E-state index contributed by atoms with van der Waals surface area (Å²) in [6, 6.07) is 0.